The predicted octanol–water partition coefficient (Wildman–Crippen LogP) is 2.36. The molecular weight excluding hydrogens is 218 g/mol. The van der Waals surface area contributed by atoms with E-state index in [4.69, 9.17) is 20.2 Å². The standard InChI is InChI=1S/C13H19NO3/c1-9(2)12-10(8-17-14)4-5-11-13(12)16-7-3-6-15-11/h4-5,9H,3,6-8,14H2,1-2H3. The highest BCUT2D eigenvalue weighted by Gasteiger charge is 2.20. The lowest BCUT2D eigenvalue weighted by atomic mass is 9.96. The van der Waals surface area contributed by atoms with Crippen molar-refractivity contribution in [3.8, 4) is 11.5 Å². The van der Waals surface area contributed by atoms with Crippen LogP contribution in [0.4, 0.5) is 0 Å². The van der Waals surface area contributed by atoms with Gasteiger partial charge in [-0.2, -0.15) is 0 Å². The van der Waals surface area contributed by atoms with Crippen molar-refractivity contribution < 1.29 is 14.3 Å². The Morgan fingerprint density at radius 3 is 2.76 bits per heavy atom. The molecule has 4 heteroatoms. The summed E-state index contributed by atoms with van der Waals surface area (Å²) in [6, 6.07) is 3.93. The fourth-order valence-corrected chi connectivity index (χ4v) is 2.15. The third-order valence-corrected chi connectivity index (χ3v) is 2.86. The molecule has 1 aromatic rings. The molecular formula is C13H19NO3. The molecule has 1 heterocycles. The Bertz CT molecular complexity index is 390. The highest BCUT2D eigenvalue weighted by Crippen LogP contribution is 2.39. The molecule has 0 saturated heterocycles. The molecule has 2 N–H and O–H groups in total. The molecule has 0 radical (unpaired) electrons. The van der Waals surface area contributed by atoms with Crippen LogP contribution in [-0.2, 0) is 11.4 Å². The topological polar surface area (TPSA) is 53.7 Å². The van der Waals surface area contributed by atoms with Crippen LogP contribution in [0, 0.1) is 0 Å². The van der Waals surface area contributed by atoms with Crippen LogP contribution in [0.1, 0.15) is 37.3 Å². The molecule has 0 aromatic heterocycles. The number of benzene rings is 1. The molecule has 0 amide bonds. The molecule has 0 saturated carbocycles. The van der Waals surface area contributed by atoms with Crippen molar-refractivity contribution in [2.24, 2.45) is 5.90 Å². The van der Waals surface area contributed by atoms with E-state index in [1.165, 1.54) is 0 Å². The molecule has 0 fully saturated rings. The van der Waals surface area contributed by atoms with Gasteiger partial charge in [0.1, 0.15) is 0 Å². The van der Waals surface area contributed by atoms with Crippen LogP contribution >= 0.6 is 0 Å². The summed E-state index contributed by atoms with van der Waals surface area (Å²) in [7, 11) is 0. The highest BCUT2D eigenvalue weighted by atomic mass is 16.6. The molecule has 1 aliphatic rings. The quantitative estimate of drug-likeness (QED) is 0.820. The van der Waals surface area contributed by atoms with Gasteiger partial charge in [-0.3, -0.25) is 4.84 Å². The maximum atomic E-state index is 5.81. The Hall–Kier alpha value is -1.26. The van der Waals surface area contributed by atoms with E-state index in [2.05, 4.69) is 13.8 Å². The van der Waals surface area contributed by atoms with Gasteiger partial charge in [0.05, 0.1) is 19.8 Å². The van der Waals surface area contributed by atoms with Gasteiger partial charge < -0.3 is 9.47 Å². The Balaban J connectivity index is 2.47. The minimum atomic E-state index is 0.344. The molecule has 17 heavy (non-hydrogen) atoms. The third kappa shape index (κ3) is 2.53. The summed E-state index contributed by atoms with van der Waals surface area (Å²) < 4.78 is 11.5. The molecule has 0 aliphatic carbocycles. The highest BCUT2D eigenvalue weighted by molar-refractivity contribution is 5.52. The van der Waals surface area contributed by atoms with Gasteiger partial charge in [0.25, 0.3) is 0 Å². The van der Waals surface area contributed by atoms with E-state index in [1.807, 2.05) is 12.1 Å². The Morgan fingerprint density at radius 2 is 2.06 bits per heavy atom. The second kappa shape index (κ2) is 5.38. The molecule has 0 unspecified atom stereocenters. The molecule has 0 atom stereocenters. The SMILES string of the molecule is CC(C)c1c(CON)ccc2c1OCCCO2. The summed E-state index contributed by atoms with van der Waals surface area (Å²) in [5.74, 6) is 7.19. The zero-order valence-electron chi connectivity index (χ0n) is 10.4. The number of fused-ring (bicyclic) bond motifs is 1. The van der Waals surface area contributed by atoms with E-state index in [-0.39, 0.29) is 0 Å². The minimum absolute atomic E-state index is 0.344. The fraction of sp³-hybridized carbons (Fsp3) is 0.538. The molecule has 0 bridgehead atoms. The minimum Gasteiger partial charge on any atom is -0.490 e. The van der Waals surface area contributed by atoms with E-state index < -0.39 is 0 Å². The molecule has 0 spiro atoms. The van der Waals surface area contributed by atoms with Crippen molar-refractivity contribution in [1.29, 1.82) is 0 Å². The average molecular weight is 237 g/mol. The smallest absolute Gasteiger partial charge is 0.164 e. The van der Waals surface area contributed by atoms with Gasteiger partial charge in [-0.05, 0) is 17.5 Å². The lowest BCUT2D eigenvalue weighted by molar-refractivity contribution is 0.123. The van der Waals surface area contributed by atoms with Crippen LogP contribution in [0.2, 0.25) is 0 Å². The molecule has 1 aliphatic heterocycles. The van der Waals surface area contributed by atoms with Crippen LogP contribution in [-0.4, -0.2) is 13.2 Å². The fourth-order valence-electron chi connectivity index (χ4n) is 2.15. The summed E-state index contributed by atoms with van der Waals surface area (Å²) in [5.41, 5.74) is 2.20. The van der Waals surface area contributed by atoms with Crippen molar-refractivity contribution in [2.75, 3.05) is 13.2 Å². The van der Waals surface area contributed by atoms with Crippen LogP contribution in [0.25, 0.3) is 0 Å². The van der Waals surface area contributed by atoms with Crippen molar-refractivity contribution in [1.82, 2.24) is 0 Å². The Morgan fingerprint density at radius 1 is 1.29 bits per heavy atom. The van der Waals surface area contributed by atoms with Gasteiger partial charge in [0.2, 0.25) is 0 Å². The van der Waals surface area contributed by atoms with Crippen LogP contribution in [0.5, 0.6) is 11.5 Å². The number of ether oxygens (including phenoxy) is 2. The summed E-state index contributed by atoms with van der Waals surface area (Å²) in [6.07, 6.45) is 0.912. The lowest BCUT2D eigenvalue weighted by Crippen LogP contribution is -2.06. The number of nitrogens with two attached hydrogens (primary N) is 1. The summed E-state index contributed by atoms with van der Waals surface area (Å²) in [6.45, 7) is 6.05. The maximum absolute atomic E-state index is 5.81. The lowest BCUT2D eigenvalue weighted by Gasteiger charge is -2.18. The van der Waals surface area contributed by atoms with Gasteiger partial charge in [-0.25, -0.2) is 5.90 Å². The van der Waals surface area contributed by atoms with Crippen molar-refractivity contribution >= 4 is 0 Å². The number of hydrogen-bond donors (Lipinski definition) is 1. The van der Waals surface area contributed by atoms with E-state index >= 15 is 0 Å². The van der Waals surface area contributed by atoms with Gasteiger partial charge >= 0.3 is 0 Å². The first-order valence-electron chi connectivity index (χ1n) is 5.97. The normalized spacial score (nSPS) is 14.8. The van der Waals surface area contributed by atoms with E-state index in [1.54, 1.807) is 0 Å². The second-order valence-electron chi connectivity index (χ2n) is 4.48. The average Bonchev–Trinajstić information content (AvgIpc) is 2.53. The first kappa shape index (κ1) is 12.2. The zero-order chi connectivity index (χ0) is 12.3. The largest absolute Gasteiger partial charge is 0.490 e. The van der Waals surface area contributed by atoms with Gasteiger partial charge in [0, 0.05) is 12.0 Å². The summed E-state index contributed by atoms with van der Waals surface area (Å²) in [4.78, 5) is 4.74. The number of hydrogen-bond acceptors (Lipinski definition) is 4. The van der Waals surface area contributed by atoms with Gasteiger partial charge in [-0.15, -0.1) is 0 Å². The summed E-state index contributed by atoms with van der Waals surface area (Å²) >= 11 is 0. The Labute approximate surface area is 102 Å². The first-order valence-corrected chi connectivity index (χ1v) is 5.97. The molecule has 94 valence electrons. The predicted molar refractivity (Wildman–Crippen MR) is 65.1 cm³/mol. The van der Waals surface area contributed by atoms with Crippen molar-refractivity contribution in [3.05, 3.63) is 23.3 Å². The zero-order valence-corrected chi connectivity index (χ0v) is 10.4. The maximum Gasteiger partial charge on any atom is 0.164 e. The molecule has 2 rings (SSSR count). The van der Waals surface area contributed by atoms with Crippen LogP contribution in [0.3, 0.4) is 0 Å². The summed E-state index contributed by atoms with van der Waals surface area (Å²) in [5, 5.41) is 0. The Kier molecular flexibility index (Phi) is 3.86. The van der Waals surface area contributed by atoms with E-state index in [0.717, 1.165) is 29.0 Å². The van der Waals surface area contributed by atoms with Crippen LogP contribution < -0.4 is 15.4 Å². The van der Waals surface area contributed by atoms with Crippen molar-refractivity contribution in [2.45, 2.75) is 32.8 Å². The van der Waals surface area contributed by atoms with Crippen molar-refractivity contribution in [3.63, 3.8) is 0 Å². The van der Waals surface area contributed by atoms with Gasteiger partial charge in [0.15, 0.2) is 11.5 Å². The van der Waals surface area contributed by atoms with E-state index in [9.17, 15) is 0 Å². The van der Waals surface area contributed by atoms with Crippen LogP contribution in [0.15, 0.2) is 12.1 Å². The third-order valence-electron chi connectivity index (χ3n) is 2.86. The first-order chi connectivity index (χ1) is 8.24. The number of rotatable bonds is 3. The van der Waals surface area contributed by atoms with E-state index in [0.29, 0.717) is 25.7 Å². The molecule has 1 aromatic carbocycles. The second-order valence-corrected chi connectivity index (χ2v) is 4.48. The van der Waals surface area contributed by atoms with Gasteiger partial charge in [-0.1, -0.05) is 19.9 Å². The monoisotopic (exact) mass is 237 g/mol. The molecule has 4 nitrogen and oxygen atoms in total.